The van der Waals surface area contributed by atoms with Crippen LogP contribution in [-0.4, -0.2) is 33.0 Å². The smallest absolute Gasteiger partial charge is 0.255 e. The normalized spacial score (nSPS) is 10.8. The molecule has 0 aliphatic carbocycles. The zero-order chi connectivity index (χ0) is 19.9. The van der Waals surface area contributed by atoms with Gasteiger partial charge >= 0.3 is 0 Å². The van der Waals surface area contributed by atoms with E-state index in [0.717, 1.165) is 22.8 Å². The lowest BCUT2D eigenvalue weighted by molar-refractivity contribution is 0.0957. The van der Waals surface area contributed by atoms with Gasteiger partial charge in [0.15, 0.2) is 0 Å². The van der Waals surface area contributed by atoms with Crippen LogP contribution in [0.5, 0.6) is 0 Å². The number of nitrogens with zero attached hydrogens (tertiary/aromatic N) is 3. The Labute approximate surface area is 177 Å². The molecule has 0 spiro atoms. The molecule has 0 aliphatic rings. The highest BCUT2D eigenvalue weighted by atomic mass is 32.2. The van der Waals surface area contributed by atoms with Crippen molar-refractivity contribution in [1.29, 1.82) is 0 Å². The van der Waals surface area contributed by atoms with Gasteiger partial charge in [0.2, 0.25) is 0 Å². The Morgan fingerprint density at radius 1 is 1.10 bits per heavy atom. The molecule has 0 saturated heterocycles. The van der Waals surface area contributed by atoms with Gasteiger partial charge in [0, 0.05) is 47.1 Å². The zero-order valence-corrected chi connectivity index (χ0v) is 17.3. The van der Waals surface area contributed by atoms with Crippen LogP contribution in [0, 0.1) is 0 Å². The lowest BCUT2D eigenvalue weighted by Gasteiger charge is -2.05. The number of hydrogen-bond donors (Lipinski definition) is 1. The molecule has 0 fully saturated rings. The molecule has 4 rings (SSSR count). The topological polar surface area (TPSA) is 59.8 Å². The molecule has 4 aromatic rings. The number of nitrogens with one attached hydrogen (secondary N) is 1. The minimum absolute atomic E-state index is 0.122. The molecule has 0 radical (unpaired) electrons. The number of thiophene rings is 1. The van der Waals surface area contributed by atoms with Gasteiger partial charge in [0.1, 0.15) is 5.69 Å². The molecule has 0 atom stereocenters. The second-order valence-corrected chi connectivity index (χ2v) is 8.44. The Bertz CT molecular complexity index is 1050. The summed E-state index contributed by atoms with van der Waals surface area (Å²) in [5.74, 6) is 1.71. The molecule has 1 aromatic carbocycles. The highest BCUT2D eigenvalue weighted by Gasteiger charge is 2.18. The van der Waals surface area contributed by atoms with Crippen molar-refractivity contribution < 1.29 is 4.79 Å². The number of benzene rings is 1. The third-order valence-electron chi connectivity index (χ3n) is 4.27. The maximum Gasteiger partial charge on any atom is 0.255 e. The van der Waals surface area contributed by atoms with E-state index in [1.165, 1.54) is 4.88 Å². The quantitative estimate of drug-likeness (QED) is 0.421. The van der Waals surface area contributed by atoms with E-state index >= 15 is 0 Å². The van der Waals surface area contributed by atoms with Gasteiger partial charge in [-0.15, -0.1) is 11.3 Å². The molecular formula is C22H20N4OS2. The summed E-state index contributed by atoms with van der Waals surface area (Å²) in [6.45, 7) is 0.609. The van der Waals surface area contributed by atoms with Crippen LogP contribution in [0.4, 0.5) is 0 Å². The fraction of sp³-hybridized carbons (Fsp3) is 0.136. The van der Waals surface area contributed by atoms with E-state index in [1.54, 1.807) is 34.6 Å². The lowest BCUT2D eigenvalue weighted by atomic mass is 10.1. The number of amides is 1. The highest BCUT2D eigenvalue weighted by molar-refractivity contribution is 7.98. The molecular weight excluding hydrogens is 400 g/mol. The number of hydrogen-bond acceptors (Lipinski definition) is 5. The third-order valence-corrected chi connectivity index (χ3v) is 6.34. The van der Waals surface area contributed by atoms with Crippen LogP contribution >= 0.6 is 23.1 Å². The second kappa shape index (κ2) is 9.54. The second-order valence-electron chi connectivity index (χ2n) is 6.30. The Kier molecular flexibility index (Phi) is 6.38. The highest BCUT2D eigenvalue weighted by Crippen LogP contribution is 2.23. The van der Waals surface area contributed by atoms with Crippen molar-refractivity contribution in [3.63, 3.8) is 0 Å². The summed E-state index contributed by atoms with van der Waals surface area (Å²) in [4.78, 5) is 18.4. The predicted octanol–water partition coefficient (Wildman–Crippen LogP) is 4.66. The third kappa shape index (κ3) is 4.93. The summed E-state index contributed by atoms with van der Waals surface area (Å²) < 4.78 is 1.74. The first-order valence-electron chi connectivity index (χ1n) is 9.25. The van der Waals surface area contributed by atoms with Gasteiger partial charge in [-0.25, -0.2) is 4.68 Å². The minimum Gasteiger partial charge on any atom is -0.351 e. The average Bonchev–Trinajstić information content (AvgIpc) is 3.45. The number of para-hydroxylation sites is 1. The molecule has 5 nitrogen and oxygen atoms in total. The summed E-state index contributed by atoms with van der Waals surface area (Å²) in [6.07, 6.45) is 5.22. The van der Waals surface area contributed by atoms with Crippen LogP contribution in [0.2, 0.25) is 0 Å². The van der Waals surface area contributed by atoms with Gasteiger partial charge < -0.3 is 5.32 Å². The summed E-state index contributed by atoms with van der Waals surface area (Å²) in [7, 11) is 0. The van der Waals surface area contributed by atoms with Crippen LogP contribution in [-0.2, 0) is 5.75 Å². The van der Waals surface area contributed by atoms with E-state index < -0.39 is 0 Å². The summed E-state index contributed by atoms with van der Waals surface area (Å²) in [6, 6.07) is 17.7. The van der Waals surface area contributed by atoms with Gasteiger partial charge in [0.25, 0.3) is 5.91 Å². The lowest BCUT2D eigenvalue weighted by Crippen LogP contribution is -2.26. The molecule has 3 aromatic heterocycles. The van der Waals surface area contributed by atoms with Gasteiger partial charge in [-0.1, -0.05) is 24.3 Å². The number of carbonyl (C=O) groups excluding carboxylic acids is 1. The van der Waals surface area contributed by atoms with Gasteiger partial charge in [-0.2, -0.15) is 16.9 Å². The van der Waals surface area contributed by atoms with Crippen molar-refractivity contribution in [1.82, 2.24) is 20.1 Å². The SMILES string of the molecule is O=C(NCCSCc1cccs1)c1cn(-c2ccccc2)nc1-c1cccnc1. The van der Waals surface area contributed by atoms with Crippen LogP contribution in [0.1, 0.15) is 15.2 Å². The van der Waals surface area contributed by atoms with E-state index in [1.807, 2.05) is 54.2 Å². The molecule has 29 heavy (non-hydrogen) atoms. The van der Waals surface area contributed by atoms with E-state index in [9.17, 15) is 4.79 Å². The molecule has 0 bridgehead atoms. The number of carbonyl (C=O) groups is 1. The molecule has 0 saturated carbocycles. The maximum atomic E-state index is 12.9. The summed E-state index contributed by atoms with van der Waals surface area (Å²) >= 11 is 3.57. The van der Waals surface area contributed by atoms with E-state index in [0.29, 0.717) is 17.8 Å². The molecule has 146 valence electrons. The van der Waals surface area contributed by atoms with Gasteiger partial charge in [0.05, 0.1) is 11.3 Å². The van der Waals surface area contributed by atoms with E-state index in [4.69, 9.17) is 0 Å². The molecule has 1 amide bonds. The number of rotatable bonds is 8. The first-order chi connectivity index (χ1) is 14.3. The fourth-order valence-electron chi connectivity index (χ4n) is 2.87. The summed E-state index contributed by atoms with van der Waals surface area (Å²) in [5.41, 5.74) is 2.90. The van der Waals surface area contributed by atoms with Crippen molar-refractivity contribution in [3.05, 3.63) is 89.0 Å². The summed E-state index contributed by atoms with van der Waals surface area (Å²) in [5, 5.41) is 9.77. The fourth-order valence-corrected chi connectivity index (χ4v) is 4.57. The van der Waals surface area contributed by atoms with Crippen LogP contribution in [0.25, 0.3) is 16.9 Å². The van der Waals surface area contributed by atoms with Gasteiger partial charge in [-0.05, 0) is 35.7 Å². The van der Waals surface area contributed by atoms with Crippen LogP contribution in [0.15, 0.2) is 78.6 Å². The number of pyridine rings is 1. The Balaban J connectivity index is 1.47. The van der Waals surface area contributed by atoms with Crippen molar-refractivity contribution in [2.45, 2.75) is 5.75 Å². The van der Waals surface area contributed by atoms with Crippen molar-refractivity contribution in [2.24, 2.45) is 0 Å². The molecule has 0 aliphatic heterocycles. The first kappa shape index (κ1) is 19.4. The van der Waals surface area contributed by atoms with Crippen molar-refractivity contribution in [2.75, 3.05) is 12.3 Å². The Morgan fingerprint density at radius 2 is 2.00 bits per heavy atom. The maximum absolute atomic E-state index is 12.9. The predicted molar refractivity (Wildman–Crippen MR) is 120 cm³/mol. The van der Waals surface area contributed by atoms with E-state index in [-0.39, 0.29) is 5.91 Å². The standard InChI is InChI=1S/C22H20N4OS2/c27-22(24-11-13-28-16-19-9-5-12-29-19)20-15-26(18-7-2-1-3-8-18)25-21(20)17-6-4-10-23-14-17/h1-10,12,14-15H,11,13,16H2,(H,24,27). The molecule has 1 N–H and O–H groups in total. The minimum atomic E-state index is -0.122. The van der Waals surface area contributed by atoms with Crippen molar-refractivity contribution in [3.8, 4) is 16.9 Å². The molecule has 3 heterocycles. The molecule has 0 unspecified atom stereocenters. The largest absolute Gasteiger partial charge is 0.351 e. The number of thioether (sulfide) groups is 1. The first-order valence-corrected chi connectivity index (χ1v) is 11.3. The zero-order valence-electron chi connectivity index (χ0n) is 15.7. The Morgan fingerprint density at radius 3 is 2.76 bits per heavy atom. The van der Waals surface area contributed by atoms with Gasteiger partial charge in [-0.3, -0.25) is 9.78 Å². The van der Waals surface area contributed by atoms with Crippen molar-refractivity contribution >= 4 is 29.0 Å². The number of aromatic nitrogens is 3. The average molecular weight is 421 g/mol. The Hall–Kier alpha value is -2.90. The van der Waals surface area contributed by atoms with Crippen LogP contribution < -0.4 is 5.32 Å². The van der Waals surface area contributed by atoms with Crippen LogP contribution in [0.3, 0.4) is 0 Å². The van der Waals surface area contributed by atoms with E-state index in [2.05, 4.69) is 32.9 Å². The molecule has 7 heteroatoms. The monoisotopic (exact) mass is 420 g/mol.